The third-order valence-electron chi connectivity index (χ3n) is 6.12. The maximum absolute atomic E-state index is 12.5. The van der Waals surface area contributed by atoms with Gasteiger partial charge in [0.1, 0.15) is 0 Å². The molecule has 0 aromatic heterocycles. The van der Waals surface area contributed by atoms with Gasteiger partial charge in [-0.1, -0.05) is 18.2 Å². The minimum absolute atomic E-state index is 0.0321. The van der Waals surface area contributed by atoms with Gasteiger partial charge in [0.2, 0.25) is 0 Å². The highest BCUT2D eigenvalue weighted by atomic mass is 16.5. The minimum atomic E-state index is -0.0714. The van der Waals surface area contributed by atoms with Crippen molar-refractivity contribution in [1.29, 1.82) is 0 Å². The van der Waals surface area contributed by atoms with Crippen LogP contribution in [0.1, 0.15) is 42.5 Å². The average Bonchev–Trinajstić information content (AvgIpc) is 3.05. The molecule has 0 radical (unpaired) electrons. The van der Waals surface area contributed by atoms with Gasteiger partial charge in [0.15, 0.2) is 0 Å². The second-order valence-corrected chi connectivity index (χ2v) is 8.10. The Morgan fingerprint density at radius 2 is 1.96 bits per heavy atom. The highest BCUT2D eigenvalue weighted by Gasteiger charge is 2.43. The number of nitrogens with zero attached hydrogens (tertiary/aromatic N) is 1. The number of hydrogen-bond acceptors (Lipinski definition) is 4. The molecular weight excluding hydrogens is 328 g/mol. The van der Waals surface area contributed by atoms with Gasteiger partial charge in [-0.3, -0.25) is 4.79 Å². The Morgan fingerprint density at radius 1 is 1.15 bits per heavy atom. The van der Waals surface area contributed by atoms with Gasteiger partial charge in [-0.2, -0.15) is 0 Å². The molecule has 4 rings (SSSR count). The van der Waals surface area contributed by atoms with Crippen LogP contribution >= 0.6 is 0 Å². The zero-order valence-corrected chi connectivity index (χ0v) is 15.5. The minimum Gasteiger partial charge on any atom is -0.381 e. The van der Waals surface area contributed by atoms with Crippen molar-refractivity contribution in [2.45, 2.75) is 43.7 Å². The van der Waals surface area contributed by atoms with E-state index < -0.39 is 0 Å². The maximum atomic E-state index is 12.5. The molecule has 1 N–H and O–H groups in total. The molecule has 26 heavy (non-hydrogen) atoms. The largest absolute Gasteiger partial charge is 0.381 e. The van der Waals surface area contributed by atoms with Crippen molar-refractivity contribution < 1.29 is 14.3 Å². The maximum Gasteiger partial charge on any atom is 0.251 e. The fourth-order valence-electron chi connectivity index (χ4n) is 4.67. The van der Waals surface area contributed by atoms with Crippen molar-refractivity contribution in [3.63, 3.8) is 0 Å². The van der Waals surface area contributed by atoms with Crippen LogP contribution in [0.25, 0.3) is 0 Å². The smallest absolute Gasteiger partial charge is 0.251 e. The van der Waals surface area contributed by atoms with Gasteiger partial charge in [-0.25, -0.2) is 0 Å². The van der Waals surface area contributed by atoms with E-state index in [4.69, 9.17) is 9.47 Å². The Hall–Kier alpha value is -1.43. The average molecular weight is 358 g/mol. The number of likely N-dealkylation sites (tertiary alicyclic amines) is 1. The van der Waals surface area contributed by atoms with Crippen LogP contribution in [0, 0.1) is 5.92 Å². The van der Waals surface area contributed by atoms with Crippen molar-refractivity contribution in [2.75, 3.05) is 39.5 Å². The lowest BCUT2D eigenvalue weighted by molar-refractivity contribution is -0.0799. The summed E-state index contributed by atoms with van der Waals surface area (Å²) in [6.07, 6.45) is 5.27. The summed E-state index contributed by atoms with van der Waals surface area (Å²) in [4.78, 5) is 15.0. The fraction of sp³-hybridized carbons (Fsp3) is 0.667. The van der Waals surface area contributed by atoms with Gasteiger partial charge in [-0.05, 0) is 50.2 Å². The molecule has 1 aromatic carbocycles. The van der Waals surface area contributed by atoms with Gasteiger partial charge < -0.3 is 19.7 Å². The van der Waals surface area contributed by atoms with Crippen molar-refractivity contribution in [2.24, 2.45) is 5.92 Å². The molecule has 3 aliphatic rings. The molecule has 0 bridgehead atoms. The summed E-state index contributed by atoms with van der Waals surface area (Å²) in [5.74, 6) is 0.792. The zero-order chi connectivity index (χ0) is 17.8. The van der Waals surface area contributed by atoms with Crippen LogP contribution in [0.4, 0.5) is 0 Å². The topological polar surface area (TPSA) is 50.8 Å². The molecule has 0 saturated carbocycles. The summed E-state index contributed by atoms with van der Waals surface area (Å²) in [5, 5.41) is 3.23. The van der Waals surface area contributed by atoms with Gasteiger partial charge in [-0.15, -0.1) is 0 Å². The van der Waals surface area contributed by atoms with Crippen molar-refractivity contribution >= 4 is 5.91 Å². The van der Waals surface area contributed by atoms with Gasteiger partial charge in [0.05, 0.1) is 5.60 Å². The SMILES string of the molecule is O=C(N[C@@H]1CCO[C@]2(CCN(CC3CCOCC3)C2)C1)c1ccccc1. The first-order valence-electron chi connectivity index (χ1n) is 10.0. The van der Waals surface area contributed by atoms with Gasteiger partial charge >= 0.3 is 0 Å². The number of carbonyl (C=O) groups is 1. The van der Waals surface area contributed by atoms with E-state index in [9.17, 15) is 4.79 Å². The Kier molecular flexibility index (Phi) is 5.57. The van der Waals surface area contributed by atoms with Crippen LogP contribution < -0.4 is 5.32 Å². The summed E-state index contributed by atoms with van der Waals surface area (Å²) in [5.41, 5.74) is 0.665. The molecular formula is C21H30N2O3. The van der Waals surface area contributed by atoms with E-state index in [1.165, 1.54) is 12.8 Å². The number of amides is 1. The first-order chi connectivity index (χ1) is 12.7. The normalized spacial score (nSPS) is 30.5. The number of benzene rings is 1. The molecule has 3 fully saturated rings. The van der Waals surface area contributed by atoms with E-state index in [1.807, 2.05) is 30.3 Å². The molecule has 5 nitrogen and oxygen atoms in total. The molecule has 3 saturated heterocycles. The van der Waals surface area contributed by atoms with Crippen LogP contribution in [0.15, 0.2) is 30.3 Å². The number of rotatable bonds is 4. The molecule has 2 atom stereocenters. The molecule has 5 heteroatoms. The standard InChI is InChI=1S/C21H30N2O3/c24-20(18-4-2-1-3-5-18)22-19-8-13-26-21(14-19)9-10-23(16-21)15-17-6-11-25-12-7-17/h1-5,17,19H,6-16H2,(H,22,24)/t19-,21-/m1/s1. The highest BCUT2D eigenvalue weighted by Crippen LogP contribution is 2.35. The van der Waals surface area contributed by atoms with E-state index in [2.05, 4.69) is 10.2 Å². The van der Waals surface area contributed by atoms with Crippen LogP contribution in [0.5, 0.6) is 0 Å². The zero-order valence-electron chi connectivity index (χ0n) is 15.5. The Morgan fingerprint density at radius 3 is 2.77 bits per heavy atom. The first kappa shape index (κ1) is 18.0. The molecule has 3 heterocycles. The summed E-state index contributed by atoms with van der Waals surface area (Å²) < 4.78 is 11.7. The summed E-state index contributed by atoms with van der Waals surface area (Å²) in [6.45, 7) is 5.83. The summed E-state index contributed by atoms with van der Waals surface area (Å²) in [7, 11) is 0. The van der Waals surface area contributed by atoms with E-state index in [0.717, 1.165) is 70.2 Å². The molecule has 1 aromatic rings. The third-order valence-corrected chi connectivity index (χ3v) is 6.12. The quantitative estimate of drug-likeness (QED) is 0.898. The van der Waals surface area contributed by atoms with Gasteiger partial charge in [0.25, 0.3) is 5.91 Å². The lowest BCUT2D eigenvalue weighted by Gasteiger charge is -2.39. The predicted octanol–water partition coefficient (Wildman–Crippen LogP) is 2.47. The Bertz CT molecular complexity index is 603. The van der Waals surface area contributed by atoms with E-state index >= 15 is 0 Å². The third kappa shape index (κ3) is 4.27. The molecule has 3 aliphatic heterocycles. The Labute approximate surface area is 156 Å². The molecule has 142 valence electrons. The van der Waals surface area contributed by atoms with Crippen molar-refractivity contribution in [3.05, 3.63) is 35.9 Å². The predicted molar refractivity (Wildman–Crippen MR) is 100 cm³/mol. The van der Waals surface area contributed by atoms with E-state index in [1.54, 1.807) is 0 Å². The Balaban J connectivity index is 1.31. The van der Waals surface area contributed by atoms with Crippen molar-refractivity contribution in [3.8, 4) is 0 Å². The summed E-state index contributed by atoms with van der Waals surface area (Å²) in [6, 6.07) is 9.70. The summed E-state index contributed by atoms with van der Waals surface area (Å²) >= 11 is 0. The monoisotopic (exact) mass is 358 g/mol. The number of ether oxygens (including phenoxy) is 2. The number of carbonyl (C=O) groups excluding carboxylic acids is 1. The van der Waals surface area contributed by atoms with Crippen LogP contribution in [0.3, 0.4) is 0 Å². The second-order valence-electron chi connectivity index (χ2n) is 8.10. The molecule has 0 unspecified atom stereocenters. The molecule has 1 amide bonds. The van der Waals surface area contributed by atoms with Crippen LogP contribution in [0.2, 0.25) is 0 Å². The second kappa shape index (κ2) is 8.07. The fourth-order valence-corrected chi connectivity index (χ4v) is 4.67. The number of nitrogens with one attached hydrogen (secondary N) is 1. The van der Waals surface area contributed by atoms with E-state index in [0.29, 0.717) is 0 Å². The lowest BCUT2D eigenvalue weighted by atomic mass is 9.89. The highest BCUT2D eigenvalue weighted by molar-refractivity contribution is 5.94. The molecule has 0 aliphatic carbocycles. The lowest BCUT2D eigenvalue weighted by Crippen LogP contribution is -2.50. The van der Waals surface area contributed by atoms with E-state index in [-0.39, 0.29) is 17.6 Å². The van der Waals surface area contributed by atoms with Crippen LogP contribution in [-0.4, -0.2) is 61.9 Å². The molecule has 1 spiro atoms. The first-order valence-corrected chi connectivity index (χ1v) is 10.0. The van der Waals surface area contributed by atoms with Gasteiger partial charge in [0, 0.05) is 51.1 Å². The number of hydrogen-bond donors (Lipinski definition) is 1. The van der Waals surface area contributed by atoms with Crippen molar-refractivity contribution in [1.82, 2.24) is 10.2 Å². The van der Waals surface area contributed by atoms with Crippen LogP contribution in [-0.2, 0) is 9.47 Å².